The lowest BCUT2D eigenvalue weighted by molar-refractivity contribution is -0.206. The van der Waals surface area contributed by atoms with Crippen molar-refractivity contribution < 1.29 is 49.3 Å². The van der Waals surface area contributed by atoms with Gasteiger partial charge in [0.25, 0.3) is 0 Å². The molecule has 3 nitrogen and oxygen atoms in total. The Morgan fingerprint density at radius 1 is 0.811 bits per heavy atom. The summed E-state index contributed by atoms with van der Waals surface area (Å²) in [6, 6.07) is 4.10. The van der Waals surface area contributed by atoms with Crippen LogP contribution in [0, 0.1) is 40.8 Å². The van der Waals surface area contributed by atoms with Crippen LogP contribution < -0.4 is 4.74 Å². The lowest BCUT2D eigenvalue weighted by Gasteiger charge is -2.29. The van der Waals surface area contributed by atoms with E-state index in [1.807, 2.05) is 6.92 Å². The quantitative estimate of drug-likeness (QED) is 0.230. The molecule has 198 valence electrons. The zero-order valence-electron chi connectivity index (χ0n) is 19.3. The summed E-state index contributed by atoms with van der Waals surface area (Å²) in [7, 11) is 0. The van der Waals surface area contributed by atoms with E-state index in [-0.39, 0.29) is 17.5 Å². The van der Waals surface area contributed by atoms with Gasteiger partial charge in [-0.15, -0.1) is 0 Å². The minimum absolute atomic E-state index is 0.0743. The molecule has 0 aromatic heterocycles. The molecule has 1 saturated heterocycles. The normalized spacial score (nSPS) is 18.2. The standard InChI is InChI=1S/C26H20F8O3/c1-2-3-13-11-35-25(36-12-13)15-8-21(30)24(22(31)9-15)37-26(33,34)16-4-5-17(18(27)10-16)14-6-19(28)23(32)20(29)7-14/h4-10,13,25H,2-3,11-12H2,1H3. The summed E-state index contributed by atoms with van der Waals surface area (Å²) >= 11 is 0. The van der Waals surface area contributed by atoms with Crippen molar-refractivity contribution in [1.29, 1.82) is 0 Å². The maximum atomic E-state index is 14.7. The number of benzene rings is 3. The van der Waals surface area contributed by atoms with E-state index in [2.05, 4.69) is 4.74 Å². The summed E-state index contributed by atoms with van der Waals surface area (Å²) in [5, 5.41) is 0. The van der Waals surface area contributed by atoms with Gasteiger partial charge in [-0.1, -0.05) is 19.4 Å². The van der Waals surface area contributed by atoms with Crippen molar-refractivity contribution in [2.75, 3.05) is 13.2 Å². The van der Waals surface area contributed by atoms with E-state index in [4.69, 9.17) is 9.47 Å². The molecule has 0 bridgehead atoms. The van der Waals surface area contributed by atoms with E-state index in [1.54, 1.807) is 0 Å². The van der Waals surface area contributed by atoms with Gasteiger partial charge in [0, 0.05) is 17.0 Å². The monoisotopic (exact) mass is 532 g/mol. The lowest BCUT2D eigenvalue weighted by Crippen LogP contribution is -2.27. The Morgan fingerprint density at radius 3 is 1.95 bits per heavy atom. The van der Waals surface area contributed by atoms with Crippen LogP contribution in [0.5, 0.6) is 5.75 Å². The number of rotatable bonds is 7. The molecule has 0 radical (unpaired) electrons. The van der Waals surface area contributed by atoms with Crippen LogP contribution in [-0.4, -0.2) is 13.2 Å². The molecular weight excluding hydrogens is 512 g/mol. The summed E-state index contributed by atoms with van der Waals surface area (Å²) in [4.78, 5) is 0. The first-order valence-electron chi connectivity index (χ1n) is 11.2. The molecule has 3 aromatic carbocycles. The number of hydrogen-bond donors (Lipinski definition) is 0. The molecule has 11 heteroatoms. The smallest absolute Gasteiger partial charge is 0.423 e. The van der Waals surface area contributed by atoms with Gasteiger partial charge < -0.3 is 14.2 Å². The van der Waals surface area contributed by atoms with Gasteiger partial charge in [-0.25, -0.2) is 26.3 Å². The summed E-state index contributed by atoms with van der Waals surface area (Å²) in [5.41, 5.74) is -2.19. The molecule has 0 N–H and O–H groups in total. The highest BCUT2D eigenvalue weighted by Gasteiger charge is 2.38. The highest BCUT2D eigenvalue weighted by molar-refractivity contribution is 5.65. The zero-order valence-corrected chi connectivity index (χ0v) is 19.3. The first-order chi connectivity index (χ1) is 17.5. The molecule has 3 aromatic rings. The summed E-state index contributed by atoms with van der Waals surface area (Å²) in [6.07, 6.45) is -3.75. The van der Waals surface area contributed by atoms with Crippen LogP contribution in [0.25, 0.3) is 11.1 Å². The maximum absolute atomic E-state index is 14.7. The van der Waals surface area contributed by atoms with Gasteiger partial charge in [-0.2, -0.15) is 8.78 Å². The van der Waals surface area contributed by atoms with Crippen LogP contribution in [0.1, 0.15) is 37.2 Å². The Morgan fingerprint density at radius 2 is 1.41 bits per heavy atom. The van der Waals surface area contributed by atoms with Gasteiger partial charge >= 0.3 is 6.11 Å². The van der Waals surface area contributed by atoms with E-state index in [1.165, 1.54) is 0 Å². The van der Waals surface area contributed by atoms with E-state index in [0.717, 1.165) is 31.0 Å². The molecule has 1 aliphatic heterocycles. The third-order valence-corrected chi connectivity index (χ3v) is 5.79. The van der Waals surface area contributed by atoms with Crippen molar-refractivity contribution >= 4 is 0 Å². The van der Waals surface area contributed by atoms with Crippen LogP contribution in [0.15, 0.2) is 42.5 Å². The highest BCUT2D eigenvalue weighted by atomic mass is 19.3. The minimum Gasteiger partial charge on any atom is -0.423 e. The Kier molecular flexibility index (Phi) is 7.75. The number of halogens is 8. The molecule has 1 fully saturated rings. The SMILES string of the molecule is CCCC1COC(c2cc(F)c(OC(F)(F)c3ccc(-c4cc(F)c(F)c(F)c4)c(F)c3)c(F)c2)OC1. The van der Waals surface area contributed by atoms with Gasteiger partial charge in [-0.05, 0) is 48.4 Å². The molecule has 0 saturated carbocycles. The average molecular weight is 532 g/mol. The van der Waals surface area contributed by atoms with Gasteiger partial charge in [-0.3, -0.25) is 0 Å². The minimum atomic E-state index is -4.41. The van der Waals surface area contributed by atoms with E-state index >= 15 is 0 Å². The van der Waals surface area contributed by atoms with Crippen molar-refractivity contribution in [2.45, 2.75) is 32.2 Å². The second-order valence-electron chi connectivity index (χ2n) is 8.53. The van der Waals surface area contributed by atoms with Crippen LogP contribution in [0.4, 0.5) is 35.1 Å². The maximum Gasteiger partial charge on any atom is 0.427 e. The predicted octanol–water partition coefficient (Wildman–Crippen LogP) is 7.78. The predicted molar refractivity (Wildman–Crippen MR) is 116 cm³/mol. The van der Waals surface area contributed by atoms with Gasteiger partial charge in [0.2, 0.25) is 0 Å². The van der Waals surface area contributed by atoms with Gasteiger partial charge in [0.15, 0.2) is 41.1 Å². The fraction of sp³-hybridized carbons (Fsp3) is 0.308. The Balaban J connectivity index is 1.54. The molecule has 0 amide bonds. The third kappa shape index (κ3) is 5.72. The topological polar surface area (TPSA) is 27.7 Å². The fourth-order valence-electron chi connectivity index (χ4n) is 3.95. The average Bonchev–Trinajstić information content (AvgIpc) is 2.85. The van der Waals surface area contributed by atoms with Gasteiger partial charge in [0.1, 0.15) is 5.82 Å². The molecule has 37 heavy (non-hydrogen) atoms. The lowest BCUT2D eigenvalue weighted by atomic mass is 10.0. The van der Waals surface area contributed by atoms with Crippen LogP contribution >= 0.6 is 0 Å². The Labute approximate surface area is 206 Å². The first kappa shape index (κ1) is 26.9. The zero-order chi connectivity index (χ0) is 26.9. The van der Waals surface area contributed by atoms with E-state index in [9.17, 15) is 35.1 Å². The Bertz CT molecular complexity index is 1240. The van der Waals surface area contributed by atoms with Crippen molar-refractivity contribution in [3.05, 3.63) is 88.5 Å². The number of hydrogen-bond acceptors (Lipinski definition) is 3. The van der Waals surface area contributed by atoms with Crippen molar-refractivity contribution in [1.82, 2.24) is 0 Å². The molecule has 0 atom stereocenters. The molecule has 0 spiro atoms. The summed E-state index contributed by atoms with van der Waals surface area (Å²) in [5.74, 6) is -10.6. The van der Waals surface area contributed by atoms with Crippen LogP contribution in [0.2, 0.25) is 0 Å². The van der Waals surface area contributed by atoms with E-state index < -0.39 is 69.7 Å². The van der Waals surface area contributed by atoms with Crippen LogP contribution in [0.3, 0.4) is 0 Å². The fourth-order valence-corrected chi connectivity index (χ4v) is 3.95. The van der Waals surface area contributed by atoms with Crippen molar-refractivity contribution in [2.24, 2.45) is 5.92 Å². The second kappa shape index (κ2) is 10.7. The first-order valence-corrected chi connectivity index (χ1v) is 11.2. The molecule has 0 aliphatic carbocycles. The number of ether oxygens (including phenoxy) is 3. The summed E-state index contributed by atoms with van der Waals surface area (Å²) < 4.78 is 129. The summed E-state index contributed by atoms with van der Waals surface area (Å²) in [6.45, 7) is 2.59. The van der Waals surface area contributed by atoms with Gasteiger partial charge in [0.05, 0.1) is 18.8 Å². The van der Waals surface area contributed by atoms with Crippen LogP contribution in [-0.2, 0) is 15.6 Å². The largest absolute Gasteiger partial charge is 0.427 e. The van der Waals surface area contributed by atoms with Crippen molar-refractivity contribution in [3.8, 4) is 16.9 Å². The number of alkyl halides is 2. The van der Waals surface area contributed by atoms with E-state index in [0.29, 0.717) is 31.4 Å². The second-order valence-corrected chi connectivity index (χ2v) is 8.53. The molecule has 0 unspecified atom stereocenters. The third-order valence-electron chi connectivity index (χ3n) is 5.79. The highest BCUT2D eigenvalue weighted by Crippen LogP contribution is 2.38. The molecule has 4 rings (SSSR count). The molecule has 1 aliphatic rings. The Hall–Kier alpha value is -3.18. The van der Waals surface area contributed by atoms with Crippen molar-refractivity contribution in [3.63, 3.8) is 0 Å². The molecular formula is C26H20F8O3. The molecule has 1 heterocycles.